The van der Waals surface area contributed by atoms with E-state index in [1.165, 1.54) is 0 Å². The summed E-state index contributed by atoms with van der Waals surface area (Å²) >= 11 is 0. The van der Waals surface area contributed by atoms with Gasteiger partial charge in [-0.3, -0.25) is 9.59 Å². The number of esters is 2. The van der Waals surface area contributed by atoms with Crippen LogP contribution >= 0.6 is 0 Å². The average Bonchev–Trinajstić information content (AvgIpc) is 2.99. The zero-order valence-corrected chi connectivity index (χ0v) is 14.4. The highest BCUT2D eigenvalue weighted by Gasteiger charge is 2.37. The molecular formula is C18H23NO5. The van der Waals surface area contributed by atoms with Gasteiger partial charge in [-0.05, 0) is 31.5 Å². The van der Waals surface area contributed by atoms with E-state index in [9.17, 15) is 9.59 Å². The molecule has 6 nitrogen and oxygen atoms in total. The van der Waals surface area contributed by atoms with Crippen LogP contribution in [-0.2, 0) is 19.1 Å². The number of ether oxygens (including phenoxy) is 3. The maximum atomic E-state index is 12.3. The van der Waals surface area contributed by atoms with Gasteiger partial charge in [-0.1, -0.05) is 13.0 Å². The Morgan fingerprint density at radius 3 is 2.29 bits per heavy atom. The van der Waals surface area contributed by atoms with Gasteiger partial charge < -0.3 is 19.2 Å². The quantitative estimate of drug-likeness (QED) is 0.622. The van der Waals surface area contributed by atoms with Gasteiger partial charge in [-0.15, -0.1) is 0 Å². The Morgan fingerprint density at radius 1 is 1.12 bits per heavy atom. The van der Waals surface area contributed by atoms with Crippen LogP contribution in [0.4, 0.5) is 0 Å². The number of fused-ring (bicyclic) bond motifs is 1. The lowest BCUT2D eigenvalue weighted by molar-refractivity contribution is -0.162. The van der Waals surface area contributed by atoms with Gasteiger partial charge >= 0.3 is 11.9 Å². The van der Waals surface area contributed by atoms with Crippen LogP contribution in [0.2, 0.25) is 0 Å². The van der Waals surface area contributed by atoms with E-state index in [0.29, 0.717) is 5.75 Å². The molecule has 1 atom stereocenters. The Balaban J connectivity index is 2.47. The van der Waals surface area contributed by atoms with Gasteiger partial charge in [0.25, 0.3) is 0 Å². The van der Waals surface area contributed by atoms with Crippen molar-refractivity contribution in [2.45, 2.75) is 26.7 Å². The number of hydrogen-bond donors (Lipinski definition) is 1. The fourth-order valence-electron chi connectivity index (χ4n) is 2.85. The Bertz CT molecular complexity index is 703. The van der Waals surface area contributed by atoms with E-state index in [-0.39, 0.29) is 13.2 Å². The van der Waals surface area contributed by atoms with E-state index in [4.69, 9.17) is 14.2 Å². The number of rotatable bonds is 7. The monoisotopic (exact) mass is 333 g/mol. The maximum Gasteiger partial charge on any atom is 0.320 e. The summed E-state index contributed by atoms with van der Waals surface area (Å²) in [6.45, 7) is 5.64. The summed E-state index contributed by atoms with van der Waals surface area (Å²) in [5, 5.41) is 0.853. The summed E-state index contributed by atoms with van der Waals surface area (Å²) in [4.78, 5) is 27.8. The standard InChI is InChI=1S/C18H23NO5/c1-5-23-17(20)15(18(21)24-6-2)11(3)12-10-19-13-8-7-9-14(22-4)16(12)13/h7-11,15,19H,5-6H2,1-4H3/t11-/m0/s1. The molecule has 6 heteroatoms. The van der Waals surface area contributed by atoms with Gasteiger partial charge in [0.15, 0.2) is 5.92 Å². The maximum absolute atomic E-state index is 12.3. The number of aromatic nitrogens is 1. The van der Waals surface area contributed by atoms with Crippen LogP contribution in [0.1, 0.15) is 32.3 Å². The minimum atomic E-state index is -1.02. The van der Waals surface area contributed by atoms with E-state index in [2.05, 4.69) is 4.98 Å². The van der Waals surface area contributed by atoms with Crippen LogP contribution in [0.15, 0.2) is 24.4 Å². The molecule has 0 saturated carbocycles. The highest BCUT2D eigenvalue weighted by atomic mass is 16.6. The second-order valence-electron chi connectivity index (χ2n) is 5.40. The molecule has 0 radical (unpaired) electrons. The van der Waals surface area contributed by atoms with Crippen molar-refractivity contribution >= 4 is 22.8 Å². The van der Waals surface area contributed by atoms with Gasteiger partial charge in [0.2, 0.25) is 0 Å². The predicted molar refractivity (Wildman–Crippen MR) is 90.0 cm³/mol. The molecule has 2 aromatic rings. The predicted octanol–water partition coefficient (Wildman–Crippen LogP) is 3.02. The van der Waals surface area contributed by atoms with Crippen LogP contribution < -0.4 is 4.74 Å². The van der Waals surface area contributed by atoms with Crippen molar-refractivity contribution in [2.24, 2.45) is 5.92 Å². The zero-order chi connectivity index (χ0) is 17.7. The molecule has 0 spiro atoms. The number of benzene rings is 1. The van der Waals surface area contributed by atoms with Crippen LogP contribution in [0.25, 0.3) is 10.9 Å². The third-order valence-electron chi connectivity index (χ3n) is 3.99. The number of aromatic amines is 1. The molecular weight excluding hydrogens is 310 g/mol. The molecule has 0 bridgehead atoms. The lowest BCUT2D eigenvalue weighted by Crippen LogP contribution is -2.32. The summed E-state index contributed by atoms with van der Waals surface area (Å²) < 4.78 is 15.6. The van der Waals surface area contributed by atoms with Gasteiger partial charge in [0.1, 0.15) is 5.75 Å². The van der Waals surface area contributed by atoms with Crippen molar-refractivity contribution in [3.05, 3.63) is 30.0 Å². The first kappa shape index (κ1) is 17.8. The summed E-state index contributed by atoms with van der Waals surface area (Å²) in [5.41, 5.74) is 1.69. The van der Waals surface area contributed by atoms with Crippen molar-refractivity contribution in [1.29, 1.82) is 0 Å². The smallest absolute Gasteiger partial charge is 0.320 e. The fourth-order valence-corrected chi connectivity index (χ4v) is 2.85. The van der Waals surface area contributed by atoms with Crippen LogP contribution in [0.3, 0.4) is 0 Å². The molecule has 0 aliphatic carbocycles. The highest BCUT2D eigenvalue weighted by Crippen LogP contribution is 2.36. The highest BCUT2D eigenvalue weighted by molar-refractivity contribution is 5.98. The molecule has 130 valence electrons. The molecule has 0 fully saturated rings. The molecule has 2 rings (SSSR count). The summed E-state index contributed by atoms with van der Waals surface area (Å²) in [5.74, 6) is -1.91. The van der Waals surface area contributed by atoms with E-state index in [1.807, 2.05) is 25.1 Å². The Kier molecular flexibility index (Phi) is 5.84. The lowest BCUT2D eigenvalue weighted by atomic mass is 9.87. The third kappa shape index (κ3) is 3.37. The third-order valence-corrected chi connectivity index (χ3v) is 3.99. The molecule has 0 amide bonds. The Morgan fingerprint density at radius 2 is 1.75 bits per heavy atom. The normalized spacial score (nSPS) is 12.2. The second kappa shape index (κ2) is 7.86. The summed E-state index contributed by atoms with van der Waals surface area (Å²) in [7, 11) is 1.59. The molecule has 1 N–H and O–H groups in total. The summed E-state index contributed by atoms with van der Waals surface area (Å²) in [6, 6.07) is 5.63. The molecule has 1 heterocycles. The van der Waals surface area contributed by atoms with Crippen LogP contribution in [0, 0.1) is 5.92 Å². The number of carbonyl (C=O) groups is 2. The molecule has 0 aliphatic rings. The van der Waals surface area contributed by atoms with Gasteiger partial charge in [-0.25, -0.2) is 0 Å². The van der Waals surface area contributed by atoms with Crippen molar-refractivity contribution in [1.82, 2.24) is 4.98 Å². The van der Waals surface area contributed by atoms with Crippen LogP contribution in [0.5, 0.6) is 5.75 Å². The summed E-state index contributed by atoms with van der Waals surface area (Å²) in [6.07, 6.45) is 1.79. The number of hydrogen-bond acceptors (Lipinski definition) is 5. The van der Waals surface area contributed by atoms with Crippen molar-refractivity contribution in [2.75, 3.05) is 20.3 Å². The van der Waals surface area contributed by atoms with E-state index in [0.717, 1.165) is 16.5 Å². The number of nitrogens with one attached hydrogen (secondary N) is 1. The van der Waals surface area contributed by atoms with Gasteiger partial charge in [0, 0.05) is 23.0 Å². The largest absolute Gasteiger partial charge is 0.496 e. The SMILES string of the molecule is CCOC(=O)C(C(=O)OCC)[C@@H](C)c1c[nH]c2cccc(OC)c12. The molecule has 0 unspecified atom stereocenters. The van der Waals surface area contributed by atoms with Crippen molar-refractivity contribution < 1.29 is 23.8 Å². The fraction of sp³-hybridized carbons (Fsp3) is 0.444. The van der Waals surface area contributed by atoms with Gasteiger partial charge in [-0.2, -0.15) is 0 Å². The van der Waals surface area contributed by atoms with Gasteiger partial charge in [0.05, 0.1) is 20.3 Å². The first-order chi connectivity index (χ1) is 11.5. The molecule has 0 aliphatic heterocycles. The number of H-pyrrole nitrogens is 1. The van der Waals surface area contributed by atoms with E-state index < -0.39 is 23.8 Å². The lowest BCUT2D eigenvalue weighted by Gasteiger charge is -2.21. The topological polar surface area (TPSA) is 77.6 Å². The molecule has 1 aromatic heterocycles. The van der Waals surface area contributed by atoms with E-state index in [1.54, 1.807) is 27.2 Å². The first-order valence-electron chi connectivity index (χ1n) is 8.02. The zero-order valence-electron chi connectivity index (χ0n) is 14.4. The molecule has 0 saturated heterocycles. The van der Waals surface area contributed by atoms with Crippen LogP contribution in [-0.4, -0.2) is 37.2 Å². The first-order valence-corrected chi connectivity index (χ1v) is 8.02. The minimum absolute atomic E-state index is 0.207. The van der Waals surface area contributed by atoms with Crippen molar-refractivity contribution in [3.63, 3.8) is 0 Å². The minimum Gasteiger partial charge on any atom is -0.496 e. The van der Waals surface area contributed by atoms with Crippen molar-refractivity contribution in [3.8, 4) is 5.75 Å². The molecule has 1 aromatic carbocycles. The Labute approximate surface area is 141 Å². The Hall–Kier alpha value is -2.50. The second-order valence-corrected chi connectivity index (χ2v) is 5.40. The van der Waals surface area contributed by atoms with E-state index >= 15 is 0 Å². The number of carbonyl (C=O) groups excluding carboxylic acids is 2. The molecule has 24 heavy (non-hydrogen) atoms. The average molecular weight is 333 g/mol. The number of methoxy groups -OCH3 is 1.